The standard InChI is InChI=1S/C15H15NO5/c1-20-13-6-9(8-17)2-3-12(13)21-5-4-16-14(18)10-7-11(10)15(16)19/h2-3,6,8,18-19H,4-5,7H2,1H3. The molecule has 0 spiro atoms. The van der Waals surface area contributed by atoms with E-state index in [1.165, 1.54) is 11.7 Å². The smallest absolute Gasteiger partial charge is 0.197 e. The maximum atomic E-state index is 10.7. The molecule has 0 saturated carbocycles. The normalized spacial score (nSPS) is 11.9. The zero-order chi connectivity index (χ0) is 15.0. The molecule has 0 fully saturated rings. The second kappa shape index (κ2) is 5.05. The van der Waals surface area contributed by atoms with Gasteiger partial charge in [0.1, 0.15) is 12.9 Å². The topological polar surface area (TPSA) is 80.9 Å². The lowest BCUT2D eigenvalue weighted by Crippen LogP contribution is -2.09. The van der Waals surface area contributed by atoms with E-state index < -0.39 is 0 Å². The fourth-order valence-electron chi connectivity index (χ4n) is 2.32. The fraction of sp³-hybridized carbons (Fsp3) is 0.267. The molecular formula is C15H15NO5. The summed E-state index contributed by atoms with van der Waals surface area (Å²) >= 11 is 0. The third-order valence-electron chi connectivity index (χ3n) is 3.54. The van der Waals surface area contributed by atoms with Gasteiger partial charge in [0, 0.05) is 23.1 Å². The lowest BCUT2D eigenvalue weighted by Gasteiger charge is -2.13. The maximum Gasteiger partial charge on any atom is 0.197 e. The Morgan fingerprint density at radius 3 is 2.57 bits per heavy atom. The molecule has 1 aromatic heterocycles. The van der Waals surface area contributed by atoms with Crippen LogP contribution in [0.4, 0.5) is 0 Å². The number of methoxy groups -OCH3 is 1. The van der Waals surface area contributed by atoms with E-state index in [2.05, 4.69) is 0 Å². The van der Waals surface area contributed by atoms with Crippen LogP contribution in [-0.2, 0) is 13.0 Å². The number of aromatic hydroxyl groups is 2. The fourth-order valence-corrected chi connectivity index (χ4v) is 2.32. The first-order valence-electron chi connectivity index (χ1n) is 6.54. The number of benzene rings is 1. The summed E-state index contributed by atoms with van der Waals surface area (Å²) < 4.78 is 12.2. The first kappa shape index (κ1) is 13.4. The van der Waals surface area contributed by atoms with Crippen LogP contribution in [0.2, 0.25) is 0 Å². The minimum absolute atomic E-state index is 0.106. The second-order valence-electron chi connectivity index (χ2n) is 4.81. The number of nitrogens with zero attached hydrogens (tertiary/aromatic N) is 1. The Bertz CT molecular complexity index is 679. The Kier molecular flexibility index (Phi) is 3.21. The molecule has 2 N–H and O–H groups in total. The van der Waals surface area contributed by atoms with Crippen LogP contribution in [0.3, 0.4) is 0 Å². The van der Waals surface area contributed by atoms with Crippen LogP contribution >= 0.6 is 0 Å². The number of carbonyl (C=O) groups is 1. The van der Waals surface area contributed by atoms with Crippen LogP contribution in [0.15, 0.2) is 18.2 Å². The van der Waals surface area contributed by atoms with Gasteiger partial charge in [-0.3, -0.25) is 9.36 Å². The van der Waals surface area contributed by atoms with Gasteiger partial charge in [0.25, 0.3) is 0 Å². The molecule has 0 radical (unpaired) electrons. The largest absolute Gasteiger partial charge is 0.494 e. The third-order valence-corrected chi connectivity index (χ3v) is 3.54. The van der Waals surface area contributed by atoms with Gasteiger partial charge in [0.05, 0.1) is 13.7 Å². The van der Waals surface area contributed by atoms with Gasteiger partial charge in [-0.05, 0) is 18.2 Å². The number of hydrogen-bond acceptors (Lipinski definition) is 5. The van der Waals surface area contributed by atoms with Crippen LogP contribution in [0.5, 0.6) is 23.3 Å². The van der Waals surface area contributed by atoms with Gasteiger partial charge >= 0.3 is 0 Å². The van der Waals surface area contributed by atoms with Crippen LogP contribution in [-0.4, -0.2) is 34.8 Å². The highest BCUT2D eigenvalue weighted by molar-refractivity contribution is 5.76. The van der Waals surface area contributed by atoms with E-state index in [0.29, 0.717) is 30.0 Å². The van der Waals surface area contributed by atoms with Gasteiger partial charge in [-0.15, -0.1) is 0 Å². The van der Waals surface area contributed by atoms with Crippen molar-refractivity contribution in [3.8, 4) is 23.3 Å². The molecule has 0 aliphatic heterocycles. The lowest BCUT2D eigenvalue weighted by atomic mass is 10.2. The van der Waals surface area contributed by atoms with Gasteiger partial charge in [-0.2, -0.15) is 0 Å². The van der Waals surface area contributed by atoms with Crippen molar-refractivity contribution in [1.82, 2.24) is 4.57 Å². The van der Waals surface area contributed by atoms with E-state index in [9.17, 15) is 15.0 Å². The molecule has 1 heterocycles. The highest BCUT2D eigenvalue weighted by Crippen LogP contribution is 2.46. The van der Waals surface area contributed by atoms with E-state index in [4.69, 9.17) is 9.47 Å². The van der Waals surface area contributed by atoms with Crippen LogP contribution in [0, 0.1) is 0 Å². The predicted molar refractivity (Wildman–Crippen MR) is 74.4 cm³/mol. The van der Waals surface area contributed by atoms with Crippen molar-refractivity contribution in [2.24, 2.45) is 0 Å². The SMILES string of the molecule is COc1cc(C=O)ccc1OCCn1c(O)c2c(c1O)C2. The molecule has 3 rings (SSSR count). The van der Waals surface area contributed by atoms with Crippen LogP contribution in [0.1, 0.15) is 21.5 Å². The maximum absolute atomic E-state index is 10.7. The minimum Gasteiger partial charge on any atom is -0.494 e. The van der Waals surface area contributed by atoms with Gasteiger partial charge in [-0.25, -0.2) is 0 Å². The van der Waals surface area contributed by atoms with Crippen molar-refractivity contribution in [3.05, 3.63) is 34.9 Å². The summed E-state index contributed by atoms with van der Waals surface area (Å²) in [5.41, 5.74) is 2.12. The van der Waals surface area contributed by atoms with Crippen LogP contribution < -0.4 is 9.47 Å². The Morgan fingerprint density at radius 2 is 1.95 bits per heavy atom. The van der Waals surface area contributed by atoms with Crippen LogP contribution in [0.25, 0.3) is 0 Å². The molecular weight excluding hydrogens is 274 g/mol. The molecule has 1 aliphatic rings. The first-order chi connectivity index (χ1) is 10.2. The molecule has 2 aromatic rings. The van der Waals surface area contributed by atoms with Gasteiger partial charge in [0.2, 0.25) is 0 Å². The number of aromatic nitrogens is 1. The van der Waals surface area contributed by atoms with Crippen molar-refractivity contribution >= 4 is 6.29 Å². The van der Waals surface area contributed by atoms with E-state index in [-0.39, 0.29) is 18.4 Å². The predicted octanol–water partition coefficient (Wildman–Crippen LogP) is 1.70. The van der Waals surface area contributed by atoms with E-state index in [1.54, 1.807) is 18.2 Å². The number of aldehydes is 1. The monoisotopic (exact) mass is 289 g/mol. The molecule has 21 heavy (non-hydrogen) atoms. The van der Waals surface area contributed by atoms with Crippen molar-refractivity contribution < 1.29 is 24.5 Å². The molecule has 0 unspecified atom stereocenters. The number of carbonyl (C=O) groups excluding carboxylic acids is 1. The molecule has 0 atom stereocenters. The Labute approximate surface area is 121 Å². The first-order valence-corrected chi connectivity index (χ1v) is 6.54. The third kappa shape index (κ3) is 2.29. The summed E-state index contributed by atoms with van der Waals surface area (Å²) in [7, 11) is 1.50. The highest BCUT2D eigenvalue weighted by atomic mass is 16.5. The Morgan fingerprint density at radius 1 is 1.24 bits per heavy atom. The zero-order valence-electron chi connectivity index (χ0n) is 11.5. The summed E-state index contributed by atoms with van der Waals surface area (Å²) in [6.45, 7) is 0.578. The van der Waals surface area contributed by atoms with E-state index in [1.807, 2.05) is 0 Å². The number of rotatable bonds is 6. The summed E-state index contributed by atoms with van der Waals surface area (Å²) in [6.07, 6.45) is 1.40. The van der Waals surface area contributed by atoms with Gasteiger partial charge in [0.15, 0.2) is 23.3 Å². The Hall–Kier alpha value is -2.63. The Balaban J connectivity index is 1.67. The summed E-state index contributed by atoms with van der Waals surface area (Å²) in [6, 6.07) is 4.88. The lowest BCUT2D eigenvalue weighted by molar-refractivity contribution is 0.112. The summed E-state index contributed by atoms with van der Waals surface area (Å²) in [5.74, 6) is 1.18. The molecule has 0 amide bonds. The molecule has 0 bridgehead atoms. The van der Waals surface area contributed by atoms with Gasteiger partial charge in [-0.1, -0.05) is 0 Å². The molecule has 0 saturated heterocycles. The van der Waals surface area contributed by atoms with Gasteiger partial charge < -0.3 is 19.7 Å². The quantitative estimate of drug-likeness (QED) is 0.675. The summed E-state index contributed by atoms with van der Waals surface area (Å²) in [4.78, 5) is 10.7. The number of fused-ring (bicyclic) bond motifs is 1. The molecule has 6 nitrogen and oxygen atoms in total. The molecule has 6 heteroatoms. The highest BCUT2D eigenvalue weighted by Gasteiger charge is 2.32. The minimum atomic E-state index is 0.106. The molecule has 110 valence electrons. The molecule has 1 aromatic carbocycles. The van der Waals surface area contributed by atoms with Crippen molar-refractivity contribution in [2.45, 2.75) is 13.0 Å². The van der Waals surface area contributed by atoms with Crippen molar-refractivity contribution in [2.75, 3.05) is 13.7 Å². The van der Waals surface area contributed by atoms with Crippen molar-refractivity contribution in [3.63, 3.8) is 0 Å². The average molecular weight is 289 g/mol. The van der Waals surface area contributed by atoms with Crippen molar-refractivity contribution in [1.29, 1.82) is 0 Å². The van der Waals surface area contributed by atoms with E-state index in [0.717, 1.165) is 17.4 Å². The second-order valence-corrected chi connectivity index (χ2v) is 4.81. The zero-order valence-corrected chi connectivity index (χ0v) is 11.5. The number of hydrogen-bond donors (Lipinski definition) is 2. The average Bonchev–Trinajstić information content (AvgIpc) is 3.26. The number of ether oxygens (including phenoxy) is 2. The molecule has 1 aliphatic carbocycles. The van der Waals surface area contributed by atoms with E-state index >= 15 is 0 Å². The summed E-state index contributed by atoms with van der Waals surface area (Å²) in [5, 5.41) is 19.6.